The number of rotatable bonds is 1. The largest absolute Gasteiger partial charge is 0.444 e. The highest BCUT2D eigenvalue weighted by molar-refractivity contribution is 5.95. The van der Waals surface area contributed by atoms with Gasteiger partial charge in [-0.3, -0.25) is 9.36 Å². The minimum atomic E-state index is -0.509. The average Bonchev–Trinajstić information content (AvgIpc) is 3.00. The molecule has 0 bridgehead atoms. The van der Waals surface area contributed by atoms with Crippen molar-refractivity contribution in [3.63, 3.8) is 0 Å². The van der Waals surface area contributed by atoms with Gasteiger partial charge in [-0.05, 0) is 52.2 Å². The second-order valence-electron chi connectivity index (χ2n) is 8.46. The van der Waals surface area contributed by atoms with E-state index in [1.807, 2.05) is 50.5 Å². The van der Waals surface area contributed by atoms with Crippen LogP contribution >= 0.6 is 0 Å². The van der Waals surface area contributed by atoms with Crippen LogP contribution in [0, 0.1) is 6.92 Å². The number of amides is 1. The summed E-state index contributed by atoms with van der Waals surface area (Å²) in [6.45, 7) is 8.77. The number of likely N-dealkylation sites (tertiary alicyclic amines) is 1. The third-order valence-electron chi connectivity index (χ3n) is 5.21. The Bertz CT molecular complexity index is 1100. The van der Waals surface area contributed by atoms with Gasteiger partial charge in [0.1, 0.15) is 11.2 Å². The molecule has 1 aromatic carbocycles. The normalized spacial score (nSPS) is 16.1. The van der Waals surface area contributed by atoms with Crippen LogP contribution in [0.2, 0.25) is 0 Å². The summed E-state index contributed by atoms with van der Waals surface area (Å²) >= 11 is 0. The van der Waals surface area contributed by atoms with Gasteiger partial charge in [0.25, 0.3) is 5.56 Å². The minimum Gasteiger partial charge on any atom is -0.444 e. The molecule has 1 amide bonds. The molecule has 3 heterocycles. The third kappa shape index (κ3) is 3.25. The van der Waals surface area contributed by atoms with Crippen LogP contribution in [-0.2, 0) is 4.74 Å². The summed E-state index contributed by atoms with van der Waals surface area (Å²) in [4.78, 5) is 26.9. The monoisotopic (exact) mass is 382 g/mol. The number of fused-ring (bicyclic) bond motifs is 3. The lowest BCUT2D eigenvalue weighted by atomic mass is 10.0. The Labute approximate surface area is 163 Å². The van der Waals surface area contributed by atoms with Crippen LogP contribution in [0.15, 0.2) is 35.3 Å². The first kappa shape index (κ1) is 18.5. The maximum Gasteiger partial charge on any atom is 0.410 e. The molecule has 0 atom stereocenters. The van der Waals surface area contributed by atoms with Crippen molar-refractivity contribution in [2.75, 3.05) is 13.1 Å². The molecule has 148 valence electrons. The molecule has 0 saturated carbocycles. The molecule has 0 aliphatic carbocycles. The molecule has 2 aromatic heterocycles. The maximum absolute atomic E-state index is 12.8. The van der Waals surface area contributed by atoms with E-state index < -0.39 is 5.60 Å². The van der Waals surface area contributed by atoms with Crippen molar-refractivity contribution < 1.29 is 9.53 Å². The molecule has 0 radical (unpaired) electrons. The van der Waals surface area contributed by atoms with Gasteiger partial charge >= 0.3 is 6.09 Å². The summed E-state index contributed by atoms with van der Waals surface area (Å²) in [5, 5.41) is 5.64. The van der Waals surface area contributed by atoms with Crippen molar-refractivity contribution in [2.45, 2.75) is 52.2 Å². The van der Waals surface area contributed by atoms with Crippen LogP contribution in [0.3, 0.4) is 0 Å². The van der Waals surface area contributed by atoms with Crippen molar-refractivity contribution >= 4 is 22.6 Å². The summed E-state index contributed by atoms with van der Waals surface area (Å²) in [6.07, 6.45) is 2.85. The van der Waals surface area contributed by atoms with E-state index in [1.54, 1.807) is 21.7 Å². The van der Waals surface area contributed by atoms with Gasteiger partial charge in [-0.25, -0.2) is 9.31 Å². The first-order valence-corrected chi connectivity index (χ1v) is 9.72. The van der Waals surface area contributed by atoms with Gasteiger partial charge in [0.05, 0.1) is 5.52 Å². The average molecular weight is 382 g/mol. The van der Waals surface area contributed by atoms with E-state index >= 15 is 0 Å². The molecule has 1 saturated heterocycles. The summed E-state index contributed by atoms with van der Waals surface area (Å²) in [5.74, 6) is 0. The highest BCUT2D eigenvalue weighted by atomic mass is 16.6. The molecule has 0 unspecified atom stereocenters. The van der Waals surface area contributed by atoms with Crippen molar-refractivity contribution in [1.29, 1.82) is 0 Å². The molecule has 28 heavy (non-hydrogen) atoms. The lowest BCUT2D eigenvalue weighted by Gasteiger charge is -2.34. The van der Waals surface area contributed by atoms with Crippen LogP contribution in [-0.4, -0.2) is 43.9 Å². The molecule has 1 aliphatic heterocycles. The fourth-order valence-electron chi connectivity index (χ4n) is 3.94. The Morgan fingerprint density at radius 3 is 2.57 bits per heavy atom. The number of hydrogen-bond acceptors (Lipinski definition) is 4. The molecular weight excluding hydrogens is 356 g/mol. The lowest BCUT2D eigenvalue weighted by molar-refractivity contribution is 0.0188. The van der Waals surface area contributed by atoms with E-state index in [-0.39, 0.29) is 17.7 Å². The molecule has 4 rings (SSSR count). The van der Waals surface area contributed by atoms with Gasteiger partial charge in [0.15, 0.2) is 0 Å². The predicted molar refractivity (Wildman–Crippen MR) is 108 cm³/mol. The Hall–Kier alpha value is -2.83. The standard InChI is InChI=1S/C21H26N4O3/c1-14-6-5-7-16-18(14)19-24(22-16)13-10-17(26)25(19)15-8-11-23(12-9-15)20(27)28-21(2,3)4/h5-7,10,13,15H,8-9,11-12H2,1-4H3. The zero-order valence-electron chi connectivity index (χ0n) is 16.8. The quantitative estimate of drug-likeness (QED) is 0.646. The first-order valence-electron chi connectivity index (χ1n) is 9.72. The van der Waals surface area contributed by atoms with E-state index in [4.69, 9.17) is 4.74 Å². The SMILES string of the molecule is Cc1cccc2nn3ccc(=O)n(C4CCN(C(=O)OC(C)(C)C)CC4)c3c12. The van der Waals surface area contributed by atoms with Crippen LogP contribution in [0.4, 0.5) is 4.79 Å². The molecular formula is C21H26N4O3. The zero-order valence-corrected chi connectivity index (χ0v) is 16.8. The molecule has 3 aromatic rings. The number of hydrogen-bond donors (Lipinski definition) is 0. The number of carbonyl (C=O) groups excluding carboxylic acids is 1. The van der Waals surface area contributed by atoms with Crippen molar-refractivity contribution in [3.8, 4) is 0 Å². The molecule has 1 aliphatic rings. The molecule has 0 spiro atoms. The number of ether oxygens (including phenoxy) is 1. The van der Waals surface area contributed by atoms with Crippen LogP contribution in [0.25, 0.3) is 16.6 Å². The highest BCUT2D eigenvalue weighted by Crippen LogP contribution is 2.28. The first-order chi connectivity index (χ1) is 13.2. The fraction of sp³-hybridized carbons (Fsp3) is 0.476. The zero-order chi connectivity index (χ0) is 20.1. The van der Waals surface area contributed by atoms with Gasteiger partial charge in [0.2, 0.25) is 0 Å². The smallest absolute Gasteiger partial charge is 0.410 e. The van der Waals surface area contributed by atoms with Crippen molar-refractivity contribution in [3.05, 3.63) is 46.4 Å². The number of aryl methyl sites for hydroxylation is 1. The van der Waals surface area contributed by atoms with Gasteiger partial charge < -0.3 is 9.64 Å². The van der Waals surface area contributed by atoms with E-state index in [0.29, 0.717) is 25.9 Å². The Morgan fingerprint density at radius 1 is 1.18 bits per heavy atom. The Balaban J connectivity index is 1.67. The van der Waals surface area contributed by atoms with Gasteiger partial charge in [0, 0.05) is 36.8 Å². The third-order valence-corrected chi connectivity index (χ3v) is 5.21. The second-order valence-corrected chi connectivity index (χ2v) is 8.46. The van der Waals surface area contributed by atoms with Crippen molar-refractivity contribution in [1.82, 2.24) is 19.1 Å². The number of nitrogens with zero attached hydrogens (tertiary/aromatic N) is 4. The lowest BCUT2D eigenvalue weighted by Crippen LogP contribution is -2.43. The minimum absolute atomic E-state index is 0.0226. The van der Waals surface area contributed by atoms with E-state index in [2.05, 4.69) is 5.10 Å². The molecule has 0 N–H and O–H groups in total. The number of carbonyl (C=O) groups is 1. The molecule has 7 nitrogen and oxygen atoms in total. The van der Waals surface area contributed by atoms with E-state index in [0.717, 1.165) is 22.1 Å². The van der Waals surface area contributed by atoms with Gasteiger partial charge in [-0.15, -0.1) is 0 Å². The van der Waals surface area contributed by atoms with Crippen LogP contribution in [0.1, 0.15) is 45.2 Å². The highest BCUT2D eigenvalue weighted by Gasteiger charge is 2.29. The topological polar surface area (TPSA) is 68.8 Å². The van der Waals surface area contributed by atoms with Crippen LogP contribution < -0.4 is 5.56 Å². The summed E-state index contributed by atoms with van der Waals surface area (Å²) in [5.41, 5.74) is 2.26. The summed E-state index contributed by atoms with van der Waals surface area (Å²) in [6, 6.07) is 7.57. The predicted octanol–water partition coefficient (Wildman–Crippen LogP) is 3.53. The summed E-state index contributed by atoms with van der Waals surface area (Å²) < 4.78 is 9.12. The number of piperidine rings is 1. The fourth-order valence-corrected chi connectivity index (χ4v) is 3.94. The maximum atomic E-state index is 12.8. The van der Waals surface area contributed by atoms with E-state index in [9.17, 15) is 9.59 Å². The van der Waals surface area contributed by atoms with Gasteiger partial charge in [-0.2, -0.15) is 5.10 Å². The second kappa shape index (κ2) is 6.65. The summed E-state index contributed by atoms with van der Waals surface area (Å²) in [7, 11) is 0. The Morgan fingerprint density at radius 2 is 1.89 bits per heavy atom. The molecule has 1 fully saturated rings. The van der Waals surface area contributed by atoms with Gasteiger partial charge in [-0.1, -0.05) is 12.1 Å². The molecule has 7 heteroatoms. The van der Waals surface area contributed by atoms with Crippen molar-refractivity contribution in [2.24, 2.45) is 0 Å². The number of benzene rings is 1. The Kier molecular flexibility index (Phi) is 4.40. The van der Waals surface area contributed by atoms with Crippen LogP contribution in [0.5, 0.6) is 0 Å². The number of aromatic nitrogens is 3. The van der Waals surface area contributed by atoms with E-state index in [1.165, 1.54) is 0 Å².